The van der Waals surface area contributed by atoms with E-state index in [-0.39, 0.29) is 5.82 Å². The third-order valence-corrected chi connectivity index (χ3v) is 4.50. The molecule has 5 heteroatoms. The monoisotopic (exact) mass is 332 g/mol. The highest BCUT2D eigenvalue weighted by atomic mass is 19.1. The van der Waals surface area contributed by atoms with Gasteiger partial charge in [0.25, 0.3) is 0 Å². The highest BCUT2D eigenvalue weighted by molar-refractivity contribution is 5.76. The molecule has 4 nitrogen and oxygen atoms in total. The Hall–Kier alpha value is -3.08. The number of pyridine rings is 2. The van der Waals surface area contributed by atoms with Crippen LogP contribution in [0.15, 0.2) is 61.2 Å². The van der Waals surface area contributed by atoms with Gasteiger partial charge in [-0.2, -0.15) is 0 Å². The zero-order chi connectivity index (χ0) is 17.2. The first kappa shape index (κ1) is 15.4. The van der Waals surface area contributed by atoms with Gasteiger partial charge >= 0.3 is 0 Å². The smallest absolute Gasteiger partial charge is 0.168 e. The molecule has 0 saturated carbocycles. The Morgan fingerprint density at radius 3 is 2.76 bits per heavy atom. The maximum Gasteiger partial charge on any atom is 0.168 e. The number of aromatic nitrogens is 4. The van der Waals surface area contributed by atoms with Gasteiger partial charge in [-0.1, -0.05) is 18.2 Å². The number of aryl methyl sites for hydroxylation is 2. The van der Waals surface area contributed by atoms with Gasteiger partial charge in [0.05, 0.1) is 0 Å². The molecule has 0 radical (unpaired) electrons. The summed E-state index contributed by atoms with van der Waals surface area (Å²) in [4.78, 5) is 4.17. The van der Waals surface area contributed by atoms with E-state index in [1.165, 1.54) is 6.07 Å². The van der Waals surface area contributed by atoms with E-state index in [9.17, 15) is 4.39 Å². The molecule has 0 aliphatic rings. The quantitative estimate of drug-likeness (QED) is 0.567. The Morgan fingerprint density at radius 2 is 1.96 bits per heavy atom. The van der Waals surface area contributed by atoms with Gasteiger partial charge in [-0.05, 0) is 55.2 Å². The van der Waals surface area contributed by atoms with Crippen molar-refractivity contribution >= 4 is 5.65 Å². The van der Waals surface area contributed by atoms with Crippen LogP contribution in [0.1, 0.15) is 16.8 Å². The van der Waals surface area contributed by atoms with E-state index in [1.54, 1.807) is 18.6 Å². The molecule has 3 aromatic heterocycles. The van der Waals surface area contributed by atoms with Crippen LogP contribution in [0, 0.1) is 12.7 Å². The number of halogens is 1. The fraction of sp³-hybridized carbons (Fsp3) is 0.150. The lowest BCUT2D eigenvalue weighted by Crippen LogP contribution is -2.03. The molecular weight excluding hydrogens is 315 g/mol. The molecule has 124 valence electrons. The van der Waals surface area contributed by atoms with Crippen LogP contribution in [0.3, 0.4) is 0 Å². The second-order valence-electron chi connectivity index (χ2n) is 6.04. The predicted molar refractivity (Wildman–Crippen MR) is 94.8 cm³/mol. The lowest BCUT2D eigenvalue weighted by molar-refractivity contribution is 0.605. The Bertz CT molecular complexity index is 1000. The van der Waals surface area contributed by atoms with Crippen LogP contribution in [-0.4, -0.2) is 19.6 Å². The standard InChI is InChI=1S/C20H17FN4/c1-14-4-2-6-19(21)17(14)9-7-16-8-10-18(15-5-3-11-22-12-15)20-24-23-13-25(16)20/h2-6,8,10-13H,7,9H2,1H3. The van der Waals surface area contributed by atoms with Crippen LogP contribution in [-0.2, 0) is 12.8 Å². The van der Waals surface area contributed by atoms with E-state index in [0.29, 0.717) is 12.8 Å². The normalized spacial score (nSPS) is 11.1. The number of hydrogen-bond acceptors (Lipinski definition) is 3. The van der Waals surface area contributed by atoms with Crippen LogP contribution in [0.5, 0.6) is 0 Å². The van der Waals surface area contributed by atoms with Crippen LogP contribution in [0.25, 0.3) is 16.8 Å². The maximum atomic E-state index is 14.1. The molecular formula is C20H17FN4. The molecule has 4 rings (SSSR count). The van der Waals surface area contributed by atoms with Crippen molar-refractivity contribution in [1.82, 2.24) is 19.6 Å². The molecule has 0 unspecified atom stereocenters. The van der Waals surface area contributed by atoms with Crippen LogP contribution >= 0.6 is 0 Å². The summed E-state index contributed by atoms with van der Waals surface area (Å²) in [5.74, 6) is -0.146. The summed E-state index contributed by atoms with van der Waals surface area (Å²) in [6.07, 6.45) is 6.61. The van der Waals surface area contributed by atoms with Crippen molar-refractivity contribution in [2.45, 2.75) is 19.8 Å². The Kier molecular flexibility index (Phi) is 3.98. The largest absolute Gasteiger partial charge is 0.285 e. The molecule has 25 heavy (non-hydrogen) atoms. The fourth-order valence-electron chi connectivity index (χ4n) is 3.15. The molecule has 0 aliphatic heterocycles. The molecule has 0 atom stereocenters. The average molecular weight is 332 g/mol. The lowest BCUT2D eigenvalue weighted by atomic mass is 10.0. The zero-order valence-corrected chi connectivity index (χ0v) is 13.9. The summed E-state index contributed by atoms with van der Waals surface area (Å²) in [7, 11) is 0. The second kappa shape index (κ2) is 6.43. The summed E-state index contributed by atoms with van der Waals surface area (Å²) in [6, 6.07) is 13.2. The van der Waals surface area contributed by atoms with Gasteiger partial charge in [-0.25, -0.2) is 4.39 Å². The highest BCUT2D eigenvalue weighted by Gasteiger charge is 2.11. The minimum absolute atomic E-state index is 0.146. The van der Waals surface area contributed by atoms with Crippen LogP contribution < -0.4 is 0 Å². The summed E-state index contributed by atoms with van der Waals surface area (Å²) < 4.78 is 16.0. The van der Waals surface area contributed by atoms with Gasteiger partial charge in [-0.15, -0.1) is 10.2 Å². The molecule has 0 fully saturated rings. The summed E-state index contributed by atoms with van der Waals surface area (Å²) in [6.45, 7) is 1.94. The first-order valence-electron chi connectivity index (χ1n) is 8.20. The highest BCUT2D eigenvalue weighted by Crippen LogP contribution is 2.24. The van der Waals surface area contributed by atoms with Gasteiger partial charge in [0, 0.05) is 29.2 Å². The van der Waals surface area contributed by atoms with E-state index in [1.807, 2.05) is 41.8 Å². The number of fused-ring (bicyclic) bond motifs is 1. The van der Waals surface area contributed by atoms with E-state index in [4.69, 9.17) is 0 Å². The molecule has 0 bridgehead atoms. The molecule has 0 aliphatic carbocycles. The summed E-state index contributed by atoms with van der Waals surface area (Å²) in [5, 5.41) is 8.31. The Labute approximate surface area is 145 Å². The molecule has 3 heterocycles. The number of benzene rings is 1. The SMILES string of the molecule is Cc1cccc(F)c1CCc1ccc(-c2cccnc2)c2nncn12. The van der Waals surface area contributed by atoms with Crippen molar-refractivity contribution in [3.8, 4) is 11.1 Å². The second-order valence-corrected chi connectivity index (χ2v) is 6.04. The van der Waals surface area contributed by atoms with Crippen LogP contribution in [0.2, 0.25) is 0 Å². The third-order valence-electron chi connectivity index (χ3n) is 4.50. The minimum atomic E-state index is -0.146. The molecule has 4 aromatic rings. The van der Waals surface area contributed by atoms with Crippen molar-refractivity contribution in [2.75, 3.05) is 0 Å². The number of nitrogens with zero attached hydrogens (tertiary/aromatic N) is 4. The minimum Gasteiger partial charge on any atom is -0.285 e. The van der Waals surface area contributed by atoms with Gasteiger partial charge in [0.15, 0.2) is 5.65 Å². The first-order valence-corrected chi connectivity index (χ1v) is 8.20. The van der Waals surface area contributed by atoms with Crippen molar-refractivity contribution in [3.05, 3.63) is 83.8 Å². The van der Waals surface area contributed by atoms with E-state index in [0.717, 1.165) is 33.6 Å². The Morgan fingerprint density at radius 1 is 1.04 bits per heavy atom. The van der Waals surface area contributed by atoms with Gasteiger partial charge < -0.3 is 0 Å². The molecule has 0 saturated heterocycles. The molecule has 0 N–H and O–H groups in total. The van der Waals surface area contributed by atoms with E-state index in [2.05, 4.69) is 21.2 Å². The lowest BCUT2D eigenvalue weighted by Gasteiger charge is -2.10. The van der Waals surface area contributed by atoms with Gasteiger partial charge in [0.2, 0.25) is 0 Å². The Balaban J connectivity index is 1.69. The van der Waals surface area contributed by atoms with E-state index < -0.39 is 0 Å². The third kappa shape index (κ3) is 2.89. The maximum absolute atomic E-state index is 14.1. The number of rotatable bonds is 4. The average Bonchev–Trinajstić information content (AvgIpc) is 3.12. The van der Waals surface area contributed by atoms with Gasteiger partial charge in [-0.3, -0.25) is 9.38 Å². The first-order chi connectivity index (χ1) is 12.2. The topological polar surface area (TPSA) is 43.1 Å². The molecule has 1 aromatic carbocycles. The summed E-state index contributed by atoms with van der Waals surface area (Å²) in [5.41, 5.74) is 5.56. The van der Waals surface area contributed by atoms with Gasteiger partial charge in [0.1, 0.15) is 12.1 Å². The van der Waals surface area contributed by atoms with Crippen molar-refractivity contribution in [1.29, 1.82) is 0 Å². The van der Waals surface area contributed by atoms with Crippen LogP contribution in [0.4, 0.5) is 4.39 Å². The number of hydrogen-bond donors (Lipinski definition) is 0. The zero-order valence-electron chi connectivity index (χ0n) is 13.9. The summed E-state index contributed by atoms with van der Waals surface area (Å²) >= 11 is 0. The molecule has 0 spiro atoms. The van der Waals surface area contributed by atoms with Crippen molar-refractivity contribution in [3.63, 3.8) is 0 Å². The van der Waals surface area contributed by atoms with Crippen molar-refractivity contribution < 1.29 is 4.39 Å². The fourth-order valence-corrected chi connectivity index (χ4v) is 3.15. The predicted octanol–water partition coefficient (Wildman–Crippen LogP) is 4.02. The van der Waals surface area contributed by atoms with Crippen molar-refractivity contribution in [2.24, 2.45) is 0 Å². The molecule has 0 amide bonds. The van der Waals surface area contributed by atoms with E-state index >= 15 is 0 Å².